The molecule has 3 rings (SSSR count). The molecule has 0 radical (unpaired) electrons. The Morgan fingerprint density at radius 1 is 1.31 bits per heavy atom. The maximum atomic E-state index is 12.7. The minimum atomic E-state index is -3.05. The van der Waals surface area contributed by atoms with Gasteiger partial charge in [0, 0.05) is 24.9 Å². The fraction of sp³-hybridized carbons (Fsp3) is 0.421. The van der Waals surface area contributed by atoms with Crippen LogP contribution in [0.3, 0.4) is 0 Å². The summed E-state index contributed by atoms with van der Waals surface area (Å²) < 4.78 is 34.0. The standard InChI is InChI=1S/C19H23NO5S/c1-24-16-7-3-6-15(11-16)17-8-9-18(25-17)19(21)20-10-4-5-14(12-20)13-26(2,22)23/h3,6-9,11,14H,4-5,10,12-13H2,1-2H3/t14-/m0/s1. The van der Waals surface area contributed by atoms with Crippen molar-refractivity contribution in [3.8, 4) is 17.1 Å². The maximum absolute atomic E-state index is 12.7. The molecule has 7 heteroatoms. The lowest BCUT2D eigenvalue weighted by Crippen LogP contribution is -2.41. The van der Waals surface area contributed by atoms with Crippen molar-refractivity contribution in [1.82, 2.24) is 4.90 Å². The zero-order chi connectivity index (χ0) is 18.7. The molecule has 1 fully saturated rings. The van der Waals surface area contributed by atoms with Crippen LogP contribution in [-0.2, 0) is 9.84 Å². The Bertz CT molecular complexity index is 887. The van der Waals surface area contributed by atoms with Crippen molar-refractivity contribution in [2.24, 2.45) is 5.92 Å². The second-order valence-corrected chi connectivity index (χ2v) is 8.93. The smallest absolute Gasteiger partial charge is 0.289 e. The minimum absolute atomic E-state index is 0.0180. The lowest BCUT2D eigenvalue weighted by molar-refractivity contribution is 0.0653. The van der Waals surface area contributed by atoms with E-state index in [4.69, 9.17) is 9.15 Å². The van der Waals surface area contributed by atoms with Crippen LogP contribution in [0, 0.1) is 5.92 Å². The summed E-state index contributed by atoms with van der Waals surface area (Å²) in [5, 5.41) is 0. The van der Waals surface area contributed by atoms with Crippen LogP contribution in [-0.4, -0.2) is 51.4 Å². The molecule has 0 unspecified atom stereocenters. The molecule has 0 aliphatic carbocycles. The van der Waals surface area contributed by atoms with Gasteiger partial charge in [-0.1, -0.05) is 12.1 Å². The number of sulfone groups is 1. The average Bonchev–Trinajstić information content (AvgIpc) is 3.10. The summed E-state index contributed by atoms with van der Waals surface area (Å²) in [5.74, 6) is 1.48. The molecule has 1 aliphatic rings. The summed E-state index contributed by atoms with van der Waals surface area (Å²) in [6, 6.07) is 10.9. The second kappa shape index (κ2) is 7.53. The predicted octanol–water partition coefficient (Wildman–Crippen LogP) is 2.85. The topological polar surface area (TPSA) is 76.8 Å². The number of methoxy groups -OCH3 is 1. The number of hydrogen-bond donors (Lipinski definition) is 0. The zero-order valence-electron chi connectivity index (χ0n) is 15.0. The van der Waals surface area contributed by atoms with Crippen molar-refractivity contribution in [1.29, 1.82) is 0 Å². The van der Waals surface area contributed by atoms with Gasteiger partial charge in [-0.05, 0) is 43.0 Å². The Labute approximate surface area is 153 Å². The third-order valence-corrected chi connectivity index (χ3v) is 5.59. The van der Waals surface area contributed by atoms with Crippen LogP contribution in [0.4, 0.5) is 0 Å². The normalized spacial score (nSPS) is 17.9. The number of carbonyl (C=O) groups excluding carboxylic acids is 1. The molecular weight excluding hydrogens is 354 g/mol. The van der Waals surface area contributed by atoms with Crippen LogP contribution in [0.2, 0.25) is 0 Å². The number of likely N-dealkylation sites (tertiary alicyclic amines) is 1. The molecule has 1 amide bonds. The van der Waals surface area contributed by atoms with E-state index in [9.17, 15) is 13.2 Å². The van der Waals surface area contributed by atoms with Gasteiger partial charge >= 0.3 is 0 Å². The van der Waals surface area contributed by atoms with E-state index in [1.165, 1.54) is 6.26 Å². The first-order valence-corrected chi connectivity index (χ1v) is 10.6. The molecule has 6 nitrogen and oxygen atoms in total. The van der Waals surface area contributed by atoms with Gasteiger partial charge in [0.05, 0.1) is 12.9 Å². The molecule has 0 saturated carbocycles. The van der Waals surface area contributed by atoms with Gasteiger partial charge in [0.2, 0.25) is 0 Å². The molecule has 26 heavy (non-hydrogen) atoms. The number of piperidine rings is 1. The van der Waals surface area contributed by atoms with Gasteiger partial charge in [-0.15, -0.1) is 0 Å². The third kappa shape index (κ3) is 4.46. The van der Waals surface area contributed by atoms with E-state index in [2.05, 4.69) is 0 Å². The highest BCUT2D eigenvalue weighted by molar-refractivity contribution is 7.90. The molecule has 1 atom stereocenters. The van der Waals surface area contributed by atoms with Crippen LogP contribution in [0.25, 0.3) is 11.3 Å². The largest absolute Gasteiger partial charge is 0.497 e. The van der Waals surface area contributed by atoms with Gasteiger partial charge in [0.25, 0.3) is 5.91 Å². The lowest BCUT2D eigenvalue weighted by Gasteiger charge is -2.31. The van der Waals surface area contributed by atoms with Gasteiger partial charge in [-0.3, -0.25) is 4.79 Å². The summed E-state index contributed by atoms with van der Waals surface area (Å²) in [6.07, 6.45) is 2.86. The minimum Gasteiger partial charge on any atom is -0.497 e. The highest BCUT2D eigenvalue weighted by atomic mass is 32.2. The Morgan fingerprint density at radius 3 is 2.85 bits per heavy atom. The molecule has 140 valence electrons. The Kier molecular flexibility index (Phi) is 5.36. The highest BCUT2D eigenvalue weighted by Gasteiger charge is 2.28. The molecule has 2 heterocycles. The van der Waals surface area contributed by atoms with E-state index in [0.717, 1.165) is 18.4 Å². The molecule has 2 aromatic rings. The monoisotopic (exact) mass is 377 g/mol. The number of rotatable bonds is 5. The summed E-state index contributed by atoms with van der Waals surface area (Å²) in [5.41, 5.74) is 0.831. The number of carbonyl (C=O) groups is 1. The van der Waals surface area contributed by atoms with Crippen molar-refractivity contribution in [3.05, 3.63) is 42.2 Å². The predicted molar refractivity (Wildman–Crippen MR) is 99.0 cm³/mol. The molecule has 0 N–H and O–H groups in total. The van der Waals surface area contributed by atoms with Gasteiger partial charge in [-0.25, -0.2) is 8.42 Å². The third-order valence-electron chi connectivity index (χ3n) is 4.52. The van der Waals surface area contributed by atoms with Crippen LogP contribution in [0.1, 0.15) is 23.4 Å². The molecule has 1 saturated heterocycles. The quantitative estimate of drug-likeness (QED) is 0.801. The first kappa shape index (κ1) is 18.5. The van der Waals surface area contributed by atoms with E-state index < -0.39 is 9.84 Å². The van der Waals surface area contributed by atoms with Gasteiger partial charge < -0.3 is 14.1 Å². The van der Waals surface area contributed by atoms with E-state index in [1.807, 2.05) is 24.3 Å². The fourth-order valence-electron chi connectivity index (χ4n) is 3.35. The first-order valence-electron chi connectivity index (χ1n) is 8.57. The van der Waals surface area contributed by atoms with Gasteiger partial charge in [-0.2, -0.15) is 0 Å². The summed E-state index contributed by atoms with van der Waals surface area (Å²) in [7, 11) is -1.45. The fourth-order valence-corrected chi connectivity index (χ4v) is 4.48. The average molecular weight is 377 g/mol. The van der Waals surface area contributed by atoms with Crippen LogP contribution >= 0.6 is 0 Å². The van der Waals surface area contributed by atoms with Gasteiger partial charge in [0.1, 0.15) is 21.3 Å². The van der Waals surface area contributed by atoms with E-state index in [1.54, 1.807) is 24.1 Å². The molecule has 1 aliphatic heterocycles. The number of furan rings is 1. The zero-order valence-corrected chi connectivity index (χ0v) is 15.8. The Hall–Kier alpha value is -2.28. The number of nitrogens with zero attached hydrogens (tertiary/aromatic N) is 1. The number of ether oxygens (including phenoxy) is 1. The van der Waals surface area contributed by atoms with Crippen molar-refractivity contribution in [2.45, 2.75) is 12.8 Å². The summed E-state index contributed by atoms with van der Waals surface area (Å²) in [6.45, 7) is 1.06. The van der Waals surface area contributed by atoms with E-state index in [0.29, 0.717) is 24.6 Å². The van der Waals surface area contributed by atoms with Crippen molar-refractivity contribution >= 4 is 15.7 Å². The van der Waals surface area contributed by atoms with Gasteiger partial charge in [0.15, 0.2) is 5.76 Å². The molecule has 1 aromatic heterocycles. The molecular formula is C19H23NO5S. The number of benzene rings is 1. The first-order chi connectivity index (χ1) is 12.4. The Morgan fingerprint density at radius 2 is 2.12 bits per heavy atom. The summed E-state index contributed by atoms with van der Waals surface area (Å²) >= 11 is 0. The SMILES string of the molecule is COc1cccc(-c2ccc(C(=O)N3CCC[C@H](CS(C)(=O)=O)C3)o2)c1. The second-order valence-electron chi connectivity index (χ2n) is 6.75. The molecule has 0 bridgehead atoms. The maximum Gasteiger partial charge on any atom is 0.289 e. The van der Waals surface area contributed by atoms with Crippen molar-refractivity contribution in [2.75, 3.05) is 32.2 Å². The summed E-state index contributed by atoms with van der Waals surface area (Å²) in [4.78, 5) is 14.4. The van der Waals surface area contributed by atoms with Crippen LogP contribution in [0.5, 0.6) is 5.75 Å². The van der Waals surface area contributed by atoms with Crippen molar-refractivity contribution in [3.63, 3.8) is 0 Å². The van der Waals surface area contributed by atoms with Crippen molar-refractivity contribution < 1.29 is 22.4 Å². The lowest BCUT2D eigenvalue weighted by atomic mass is 10.00. The van der Waals surface area contributed by atoms with Crippen LogP contribution < -0.4 is 4.74 Å². The molecule has 1 aromatic carbocycles. The number of amides is 1. The van der Waals surface area contributed by atoms with Crippen LogP contribution in [0.15, 0.2) is 40.8 Å². The number of hydrogen-bond acceptors (Lipinski definition) is 5. The highest BCUT2D eigenvalue weighted by Crippen LogP contribution is 2.27. The van der Waals surface area contributed by atoms with E-state index >= 15 is 0 Å². The Balaban J connectivity index is 1.73. The molecule has 0 spiro atoms. The van der Waals surface area contributed by atoms with E-state index in [-0.39, 0.29) is 23.3 Å².